The summed E-state index contributed by atoms with van der Waals surface area (Å²) in [4.78, 5) is 13.4. The Morgan fingerprint density at radius 3 is 1.81 bits per heavy atom. The molecule has 3 heteroatoms. The van der Waals surface area contributed by atoms with E-state index in [4.69, 9.17) is 5.11 Å². The summed E-state index contributed by atoms with van der Waals surface area (Å²) in [5, 5.41) is 11.5. The number of anilines is 3. The molecule has 0 radical (unpaired) electrons. The molecule has 0 fully saturated rings. The van der Waals surface area contributed by atoms with E-state index in [1.807, 2.05) is 30.3 Å². The van der Waals surface area contributed by atoms with Gasteiger partial charge in [0.2, 0.25) is 0 Å². The van der Waals surface area contributed by atoms with Gasteiger partial charge in [-0.05, 0) is 59.0 Å². The van der Waals surface area contributed by atoms with E-state index >= 15 is 0 Å². The van der Waals surface area contributed by atoms with Gasteiger partial charge in [-0.2, -0.15) is 0 Å². The third-order valence-electron chi connectivity index (χ3n) is 5.61. The molecule has 5 rings (SSSR count). The van der Waals surface area contributed by atoms with Gasteiger partial charge in [-0.3, -0.25) is 0 Å². The second-order valence-electron chi connectivity index (χ2n) is 7.60. The molecule has 0 amide bonds. The fourth-order valence-electron chi connectivity index (χ4n) is 4.02. The summed E-state index contributed by atoms with van der Waals surface area (Å²) in [6.07, 6.45) is 0. The lowest BCUT2D eigenvalue weighted by Crippen LogP contribution is -2.10. The minimum atomic E-state index is -0.916. The van der Waals surface area contributed by atoms with E-state index in [0.29, 0.717) is 0 Å². The number of carboxylic acids is 1. The summed E-state index contributed by atoms with van der Waals surface area (Å²) < 4.78 is 0. The van der Waals surface area contributed by atoms with Crippen LogP contribution < -0.4 is 4.90 Å². The molecular formula is C29H21NO2. The van der Waals surface area contributed by atoms with E-state index in [-0.39, 0.29) is 5.56 Å². The van der Waals surface area contributed by atoms with Gasteiger partial charge in [0.1, 0.15) is 0 Å². The Kier molecular flexibility index (Phi) is 5.14. The summed E-state index contributed by atoms with van der Waals surface area (Å²) in [7, 11) is 0. The van der Waals surface area contributed by atoms with Crippen molar-refractivity contribution in [1.29, 1.82) is 0 Å². The predicted molar refractivity (Wildman–Crippen MR) is 131 cm³/mol. The first kappa shape index (κ1) is 19.6. The van der Waals surface area contributed by atoms with Crippen molar-refractivity contribution in [1.82, 2.24) is 0 Å². The quantitative estimate of drug-likeness (QED) is 0.320. The van der Waals surface area contributed by atoms with Crippen LogP contribution in [0.4, 0.5) is 17.1 Å². The van der Waals surface area contributed by atoms with Crippen molar-refractivity contribution < 1.29 is 9.90 Å². The average molecular weight is 415 g/mol. The highest BCUT2D eigenvalue weighted by molar-refractivity contribution is 5.99. The first-order valence-electron chi connectivity index (χ1n) is 10.5. The van der Waals surface area contributed by atoms with Crippen LogP contribution in [0, 0.1) is 0 Å². The zero-order valence-corrected chi connectivity index (χ0v) is 17.3. The lowest BCUT2D eigenvalue weighted by Gasteiger charge is -2.27. The molecule has 0 aromatic heterocycles. The average Bonchev–Trinajstić information content (AvgIpc) is 2.85. The molecular weight excluding hydrogens is 394 g/mol. The van der Waals surface area contributed by atoms with Crippen LogP contribution in [-0.2, 0) is 0 Å². The van der Waals surface area contributed by atoms with Crippen LogP contribution in [0.15, 0.2) is 121 Å². The molecule has 5 aromatic carbocycles. The Labute approximate surface area is 186 Å². The van der Waals surface area contributed by atoms with Gasteiger partial charge in [-0.25, -0.2) is 4.79 Å². The van der Waals surface area contributed by atoms with Crippen molar-refractivity contribution in [2.45, 2.75) is 0 Å². The number of hydrogen-bond acceptors (Lipinski definition) is 2. The van der Waals surface area contributed by atoms with Crippen LogP contribution in [0.5, 0.6) is 0 Å². The van der Waals surface area contributed by atoms with E-state index in [2.05, 4.69) is 83.8 Å². The third kappa shape index (κ3) is 3.72. The number of carbonyl (C=O) groups is 1. The highest BCUT2D eigenvalue weighted by atomic mass is 16.4. The van der Waals surface area contributed by atoms with E-state index in [9.17, 15) is 4.79 Å². The monoisotopic (exact) mass is 415 g/mol. The van der Waals surface area contributed by atoms with Gasteiger partial charge in [0.05, 0.1) is 11.3 Å². The predicted octanol–water partition coefficient (Wildman–Crippen LogP) is 7.67. The molecule has 0 unspecified atom stereocenters. The number of benzene rings is 5. The normalized spacial score (nSPS) is 10.8. The molecule has 0 saturated carbocycles. The summed E-state index contributed by atoms with van der Waals surface area (Å²) in [5.74, 6) is -0.916. The molecule has 32 heavy (non-hydrogen) atoms. The number of para-hydroxylation sites is 1. The topological polar surface area (TPSA) is 40.5 Å². The lowest BCUT2D eigenvalue weighted by molar-refractivity contribution is 0.0697. The van der Waals surface area contributed by atoms with Crippen molar-refractivity contribution in [3.63, 3.8) is 0 Å². The first-order chi connectivity index (χ1) is 15.7. The van der Waals surface area contributed by atoms with Gasteiger partial charge in [0.15, 0.2) is 0 Å². The number of fused-ring (bicyclic) bond motifs is 1. The van der Waals surface area contributed by atoms with E-state index < -0.39 is 5.97 Å². The molecule has 0 saturated heterocycles. The molecule has 1 N–H and O–H groups in total. The molecule has 0 atom stereocenters. The first-order valence-corrected chi connectivity index (χ1v) is 10.5. The van der Waals surface area contributed by atoms with Crippen LogP contribution in [0.2, 0.25) is 0 Å². The highest BCUT2D eigenvalue weighted by Gasteiger charge is 2.15. The van der Waals surface area contributed by atoms with Crippen molar-refractivity contribution in [2.24, 2.45) is 0 Å². The van der Waals surface area contributed by atoms with Gasteiger partial charge >= 0.3 is 5.97 Å². The Bertz CT molecular complexity index is 1370. The standard InChI is InChI=1S/C29H21NO2/c31-29(32)24-15-13-21(14-16-24)22-17-19-26(20-18-22)30(25-9-2-1-3-10-25)28-12-6-8-23-7-4-5-11-27(23)28/h1-20H,(H,31,32). The zero-order valence-electron chi connectivity index (χ0n) is 17.3. The summed E-state index contributed by atoms with van der Waals surface area (Å²) >= 11 is 0. The fraction of sp³-hybridized carbons (Fsp3) is 0. The van der Waals surface area contributed by atoms with Crippen LogP contribution in [0.25, 0.3) is 21.9 Å². The summed E-state index contributed by atoms with van der Waals surface area (Å²) in [6.45, 7) is 0. The molecule has 0 spiro atoms. The minimum absolute atomic E-state index is 0.288. The molecule has 154 valence electrons. The Morgan fingerprint density at radius 1 is 0.562 bits per heavy atom. The van der Waals surface area contributed by atoms with Crippen molar-refractivity contribution in [3.05, 3.63) is 127 Å². The van der Waals surface area contributed by atoms with Crippen molar-refractivity contribution in [2.75, 3.05) is 4.90 Å². The number of nitrogens with zero attached hydrogens (tertiary/aromatic N) is 1. The van der Waals surface area contributed by atoms with Crippen LogP contribution >= 0.6 is 0 Å². The zero-order chi connectivity index (χ0) is 21.9. The Balaban J connectivity index is 1.59. The molecule has 0 heterocycles. The third-order valence-corrected chi connectivity index (χ3v) is 5.61. The second kappa shape index (κ2) is 8.40. The number of carboxylic acid groups (broad SMARTS) is 1. The molecule has 0 aliphatic carbocycles. The maximum absolute atomic E-state index is 11.1. The van der Waals surface area contributed by atoms with Crippen LogP contribution in [-0.4, -0.2) is 11.1 Å². The summed E-state index contributed by atoms with van der Waals surface area (Å²) in [5.41, 5.74) is 5.57. The summed E-state index contributed by atoms with van der Waals surface area (Å²) in [6, 6.07) is 40.4. The van der Waals surface area contributed by atoms with Gasteiger partial charge in [0, 0.05) is 16.8 Å². The van der Waals surface area contributed by atoms with Crippen molar-refractivity contribution >= 4 is 33.8 Å². The van der Waals surface area contributed by atoms with E-state index in [0.717, 1.165) is 28.2 Å². The fourth-order valence-corrected chi connectivity index (χ4v) is 4.02. The maximum atomic E-state index is 11.1. The largest absolute Gasteiger partial charge is 0.478 e. The van der Waals surface area contributed by atoms with Crippen LogP contribution in [0.1, 0.15) is 10.4 Å². The Hall–Kier alpha value is -4.37. The van der Waals surface area contributed by atoms with Gasteiger partial charge in [-0.15, -0.1) is 0 Å². The smallest absolute Gasteiger partial charge is 0.335 e. The number of rotatable bonds is 5. The van der Waals surface area contributed by atoms with Gasteiger partial charge < -0.3 is 10.0 Å². The van der Waals surface area contributed by atoms with E-state index in [1.165, 1.54) is 10.8 Å². The SMILES string of the molecule is O=C(O)c1ccc(-c2ccc(N(c3ccccc3)c3cccc4ccccc34)cc2)cc1. The molecule has 5 aromatic rings. The maximum Gasteiger partial charge on any atom is 0.335 e. The van der Waals surface area contributed by atoms with Crippen LogP contribution in [0.3, 0.4) is 0 Å². The van der Waals surface area contributed by atoms with E-state index in [1.54, 1.807) is 12.1 Å². The van der Waals surface area contributed by atoms with Gasteiger partial charge in [-0.1, -0.05) is 78.9 Å². The Morgan fingerprint density at radius 2 is 1.12 bits per heavy atom. The second-order valence-corrected chi connectivity index (χ2v) is 7.60. The lowest BCUT2D eigenvalue weighted by atomic mass is 10.0. The molecule has 0 bridgehead atoms. The molecule has 0 aliphatic rings. The molecule has 0 aliphatic heterocycles. The molecule has 3 nitrogen and oxygen atoms in total. The number of hydrogen-bond donors (Lipinski definition) is 1. The minimum Gasteiger partial charge on any atom is -0.478 e. The van der Waals surface area contributed by atoms with Crippen molar-refractivity contribution in [3.8, 4) is 11.1 Å². The van der Waals surface area contributed by atoms with Gasteiger partial charge in [0.25, 0.3) is 0 Å². The number of aromatic carboxylic acids is 1. The highest BCUT2D eigenvalue weighted by Crippen LogP contribution is 2.39.